The van der Waals surface area contributed by atoms with E-state index in [0.717, 1.165) is 48.5 Å². The molecule has 0 spiro atoms. The summed E-state index contributed by atoms with van der Waals surface area (Å²) in [7, 11) is 4.00. The second-order valence-corrected chi connectivity index (χ2v) is 6.79. The number of aryl methyl sites for hydroxylation is 1. The molecule has 0 bridgehead atoms. The molecule has 1 unspecified atom stereocenters. The van der Waals surface area contributed by atoms with Crippen molar-refractivity contribution in [2.45, 2.75) is 38.9 Å². The molecule has 0 aromatic carbocycles. The minimum absolute atomic E-state index is 0.310. The molecule has 9 heteroatoms. The van der Waals surface area contributed by atoms with Gasteiger partial charge in [-0.05, 0) is 13.3 Å². The molecule has 0 fully saturated rings. The van der Waals surface area contributed by atoms with E-state index in [-0.39, 0.29) is 0 Å². The van der Waals surface area contributed by atoms with Gasteiger partial charge in [-0.3, -0.25) is 0 Å². The lowest BCUT2D eigenvalue weighted by molar-refractivity contribution is 0.392. The fraction of sp³-hybridized carbons (Fsp3) is 0.600. The van der Waals surface area contributed by atoms with Crippen molar-refractivity contribution in [3.05, 3.63) is 23.2 Å². The molecule has 2 aromatic rings. The Morgan fingerprint density at radius 1 is 1.50 bits per heavy atom. The van der Waals surface area contributed by atoms with Crippen LogP contribution in [-0.2, 0) is 19.5 Å². The summed E-state index contributed by atoms with van der Waals surface area (Å²) >= 11 is 1.64. The van der Waals surface area contributed by atoms with Crippen molar-refractivity contribution < 1.29 is 0 Å². The average Bonchev–Trinajstić information content (AvgIpc) is 3.21. The Bertz CT molecular complexity index is 689. The van der Waals surface area contributed by atoms with Crippen LogP contribution in [0, 0.1) is 0 Å². The van der Waals surface area contributed by atoms with Crippen LogP contribution in [0.1, 0.15) is 24.9 Å². The number of hydrogen-bond acceptors (Lipinski definition) is 6. The SMILES string of the molecule is CCNC(=NCc1csc(N(C)C)n1)NC1CCc2ncnn2C1. The van der Waals surface area contributed by atoms with E-state index in [1.165, 1.54) is 0 Å². The number of guanidine groups is 1. The summed E-state index contributed by atoms with van der Waals surface area (Å²) in [4.78, 5) is 15.5. The van der Waals surface area contributed by atoms with Crippen molar-refractivity contribution in [2.75, 3.05) is 25.5 Å². The first-order chi connectivity index (χ1) is 11.7. The first-order valence-electron chi connectivity index (χ1n) is 8.19. The summed E-state index contributed by atoms with van der Waals surface area (Å²) in [5, 5.41) is 14.1. The first kappa shape index (κ1) is 16.7. The third kappa shape index (κ3) is 4.02. The van der Waals surface area contributed by atoms with Gasteiger partial charge in [-0.15, -0.1) is 11.3 Å². The average molecular weight is 348 g/mol. The molecular weight excluding hydrogens is 324 g/mol. The molecule has 3 heterocycles. The number of aliphatic imine (C=N–C) groups is 1. The molecule has 2 aromatic heterocycles. The Balaban J connectivity index is 1.61. The zero-order chi connectivity index (χ0) is 16.9. The molecular formula is C15H24N8S. The highest BCUT2D eigenvalue weighted by molar-refractivity contribution is 7.13. The van der Waals surface area contributed by atoms with Crippen molar-refractivity contribution in [2.24, 2.45) is 4.99 Å². The normalized spacial score (nSPS) is 17.5. The Morgan fingerprint density at radius 3 is 3.12 bits per heavy atom. The molecule has 1 atom stereocenters. The summed E-state index contributed by atoms with van der Waals surface area (Å²) in [6.07, 6.45) is 3.60. The van der Waals surface area contributed by atoms with Crippen LogP contribution in [0.3, 0.4) is 0 Å². The Hall–Kier alpha value is -2.16. The summed E-state index contributed by atoms with van der Waals surface area (Å²) in [6.45, 7) is 4.29. The van der Waals surface area contributed by atoms with Gasteiger partial charge < -0.3 is 15.5 Å². The molecule has 2 N–H and O–H groups in total. The van der Waals surface area contributed by atoms with Crippen molar-refractivity contribution in [3.8, 4) is 0 Å². The molecule has 0 aliphatic carbocycles. The van der Waals surface area contributed by atoms with E-state index in [0.29, 0.717) is 12.6 Å². The quantitative estimate of drug-likeness (QED) is 0.616. The second-order valence-electron chi connectivity index (χ2n) is 5.95. The summed E-state index contributed by atoms with van der Waals surface area (Å²) in [5.41, 5.74) is 0.989. The Morgan fingerprint density at radius 2 is 2.38 bits per heavy atom. The van der Waals surface area contributed by atoms with Crippen molar-refractivity contribution in [1.82, 2.24) is 30.4 Å². The van der Waals surface area contributed by atoms with Crippen molar-refractivity contribution in [1.29, 1.82) is 0 Å². The summed E-state index contributed by atoms with van der Waals surface area (Å²) in [6, 6.07) is 0.310. The maximum absolute atomic E-state index is 4.67. The number of fused-ring (bicyclic) bond motifs is 1. The van der Waals surface area contributed by atoms with Crippen LogP contribution in [-0.4, -0.2) is 52.4 Å². The van der Waals surface area contributed by atoms with Gasteiger partial charge in [0.05, 0.1) is 18.8 Å². The minimum Gasteiger partial charge on any atom is -0.357 e. The van der Waals surface area contributed by atoms with Gasteiger partial charge in [-0.2, -0.15) is 5.10 Å². The fourth-order valence-corrected chi connectivity index (χ4v) is 3.35. The molecule has 0 amide bonds. The van der Waals surface area contributed by atoms with Gasteiger partial charge in [0.15, 0.2) is 11.1 Å². The van der Waals surface area contributed by atoms with E-state index in [4.69, 9.17) is 0 Å². The Labute approximate surface area is 146 Å². The van der Waals surface area contributed by atoms with Crippen LogP contribution in [0.15, 0.2) is 16.7 Å². The number of nitrogens with one attached hydrogen (secondary N) is 2. The van der Waals surface area contributed by atoms with Gasteiger partial charge in [0.25, 0.3) is 0 Å². The second kappa shape index (κ2) is 7.61. The summed E-state index contributed by atoms with van der Waals surface area (Å²) in [5.74, 6) is 1.89. The monoisotopic (exact) mass is 348 g/mol. The highest BCUT2D eigenvalue weighted by atomic mass is 32.1. The maximum Gasteiger partial charge on any atom is 0.191 e. The maximum atomic E-state index is 4.67. The molecule has 3 rings (SSSR count). The number of anilines is 1. The van der Waals surface area contributed by atoms with Crippen LogP contribution in [0.5, 0.6) is 0 Å². The lowest BCUT2D eigenvalue weighted by Crippen LogP contribution is -2.47. The molecule has 130 valence electrons. The topological polar surface area (TPSA) is 83.3 Å². The number of rotatable bonds is 5. The van der Waals surface area contributed by atoms with E-state index in [2.05, 4.69) is 43.0 Å². The lowest BCUT2D eigenvalue weighted by Gasteiger charge is -2.25. The first-order valence-corrected chi connectivity index (χ1v) is 9.07. The lowest BCUT2D eigenvalue weighted by atomic mass is 10.1. The molecule has 1 aliphatic heterocycles. The van der Waals surface area contributed by atoms with Crippen LogP contribution in [0.2, 0.25) is 0 Å². The van der Waals surface area contributed by atoms with Crippen LogP contribution in [0.4, 0.5) is 5.13 Å². The van der Waals surface area contributed by atoms with E-state index >= 15 is 0 Å². The van der Waals surface area contributed by atoms with Crippen LogP contribution in [0.25, 0.3) is 0 Å². The van der Waals surface area contributed by atoms with Gasteiger partial charge >= 0.3 is 0 Å². The molecule has 0 radical (unpaired) electrons. The van der Waals surface area contributed by atoms with E-state index in [9.17, 15) is 0 Å². The smallest absolute Gasteiger partial charge is 0.191 e. The highest BCUT2D eigenvalue weighted by Crippen LogP contribution is 2.18. The standard InChI is InChI=1S/C15H24N8S/c1-4-16-14(17-7-12-9-24-15(21-12)22(2)3)20-11-5-6-13-18-10-19-23(13)8-11/h9-11H,4-8H2,1-3H3,(H2,16,17,20). The van der Waals surface area contributed by atoms with Gasteiger partial charge in [-0.25, -0.2) is 19.6 Å². The van der Waals surface area contributed by atoms with Crippen molar-refractivity contribution in [3.63, 3.8) is 0 Å². The van der Waals surface area contributed by atoms with Gasteiger partial charge in [0, 0.05) is 38.5 Å². The molecule has 0 saturated heterocycles. The highest BCUT2D eigenvalue weighted by Gasteiger charge is 2.20. The fourth-order valence-electron chi connectivity index (χ4n) is 2.60. The number of thiazole rings is 1. The van der Waals surface area contributed by atoms with E-state index in [1.807, 2.05) is 23.7 Å². The largest absolute Gasteiger partial charge is 0.357 e. The Kier molecular flexibility index (Phi) is 5.29. The zero-order valence-corrected chi connectivity index (χ0v) is 15.2. The molecule has 1 aliphatic rings. The number of aromatic nitrogens is 4. The van der Waals surface area contributed by atoms with Crippen molar-refractivity contribution >= 4 is 22.4 Å². The van der Waals surface area contributed by atoms with Gasteiger partial charge in [-0.1, -0.05) is 0 Å². The number of nitrogens with zero attached hydrogens (tertiary/aromatic N) is 6. The zero-order valence-electron chi connectivity index (χ0n) is 14.4. The van der Waals surface area contributed by atoms with Crippen LogP contribution < -0.4 is 15.5 Å². The van der Waals surface area contributed by atoms with E-state index < -0.39 is 0 Å². The predicted molar refractivity (Wildman–Crippen MR) is 96.5 cm³/mol. The minimum atomic E-state index is 0.310. The third-order valence-electron chi connectivity index (χ3n) is 3.81. The van der Waals surface area contributed by atoms with E-state index in [1.54, 1.807) is 17.7 Å². The molecule has 8 nitrogen and oxygen atoms in total. The third-order valence-corrected chi connectivity index (χ3v) is 4.87. The van der Waals surface area contributed by atoms with Gasteiger partial charge in [0.2, 0.25) is 0 Å². The van der Waals surface area contributed by atoms with Gasteiger partial charge in [0.1, 0.15) is 12.2 Å². The van der Waals surface area contributed by atoms with Crippen LogP contribution >= 0.6 is 11.3 Å². The number of hydrogen-bond donors (Lipinski definition) is 2. The summed E-state index contributed by atoms with van der Waals surface area (Å²) < 4.78 is 1.97. The molecule has 0 saturated carbocycles. The predicted octanol–water partition coefficient (Wildman–Crippen LogP) is 0.871. The molecule has 24 heavy (non-hydrogen) atoms.